The number of aromatic nitrogens is 2. The van der Waals surface area contributed by atoms with E-state index in [-0.39, 0.29) is 5.91 Å². The van der Waals surface area contributed by atoms with E-state index in [1.165, 1.54) is 0 Å². The number of benzene rings is 3. The van der Waals surface area contributed by atoms with Crippen LogP contribution in [0.3, 0.4) is 0 Å². The van der Waals surface area contributed by atoms with Crippen LogP contribution in [-0.4, -0.2) is 15.9 Å². The Morgan fingerprint density at radius 3 is 2.46 bits per heavy atom. The van der Waals surface area contributed by atoms with Gasteiger partial charge in [-0.05, 0) is 36.2 Å². The number of fused-ring (bicyclic) bond motifs is 1. The molecule has 0 bridgehead atoms. The van der Waals surface area contributed by atoms with Crippen molar-refractivity contribution in [3.63, 3.8) is 0 Å². The Labute approximate surface area is 151 Å². The van der Waals surface area contributed by atoms with Crippen molar-refractivity contribution >= 4 is 22.6 Å². The van der Waals surface area contributed by atoms with E-state index in [4.69, 9.17) is 0 Å². The maximum absolute atomic E-state index is 12.4. The van der Waals surface area contributed by atoms with Gasteiger partial charge in [0.25, 0.3) is 0 Å². The van der Waals surface area contributed by atoms with Gasteiger partial charge in [0.2, 0.25) is 5.91 Å². The number of hydrogen-bond donors (Lipinski definition) is 2. The van der Waals surface area contributed by atoms with Crippen molar-refractivity contribution in [1.82, 2.24) is 9.97 Å². The Morgan fingerprint density at radius 1 is 0.885 bits per heavy atom. The highest BCUT2D eigenvalue weighted by Crippen LogP contribution is 2.27. The highest BCUT2D eigenvalue weighted by molar-refractivity contribution is 5.95. The van der Waals surface area contributed by atoms with Gasteiger partial charge in [0.15, 0.2) is 0 Å². The quantitative estimate of drug-likeness (QED) is 0.548. The number of nitrogens with one attached hydrogen (secondary N) is 2. The summed E-state index contributed by atoms with van der Waals surface area (Å²) in [6, 6.07) is 25.7. The number of aromatic amines is 1. The second-order valence-electron chi connectivity index (χ2n) is 6.18. The molecule has 0 aliphatic rings. The Balaban J connectivity index is 1.53. The van der Waals surface area contributed by atoms with Crippen molar-refractivity contribution in [3.8, 4) is 11.4 Å². The van der Waals surface area contributed by atoms with Gasteiger partial charge in [-0.25, -0.2) is 4.98 Å². The lowest BCUT2D eigenvalue weighted by atomic mass is 10.1. The molecule has 2 N–H and O–H groups in total. The highest BCUT2D eigenvalue weighted by Gasteiger charge is 2.11. The molecule has 0 saturated carbocycles. The molecule has 1 heterocycles. The van der Waals surface area contributed by atoms with Gasteiger partial charge in [0.05, 0.1) is 16.7 Å². The lowest BCUT2D eigenvalue weighted by Crippen LogP contribution is -2.13. The number of imidazole rings is 1. The smallest absolute Gasteiger partial charge is 0.224 e. The number of hydrogen-bond acceptors (Lipinski definition) is 2. The zero-order chi connectivity index (χ0) is 17.8. The molecule has 128 valence electrons. The van der Waals surface area contributed by atoms with E-state index in [1.807, 2.05) is 78.9 Å². The summed E-state index contributed by atoms with van der Waals surface area (Å²) in [7, 11) is 0. The molecule has 0 fully saturated rings. The molecule has 4 nitrogen and oxygen atoms in total. The van der Waals surface area contributed by atoms with E-state index < -0.39 is 0 Å². The molecule has 0 atom stereocenters. The first-order valence-corrected chi connectivity index (χ1v) is 8.67. The molecule has 4 rings (SSSR count). The molecule has 1 aromatic heterocycles. The molecule has 0 unspecified atom stereocenters. The van der Waals surface area contributed by atoms with Crippen molar-refractivity contribution < 1.29 is 4.79 Å². The lowest BCUT2D eigenvalue weighted by molar-refractivity contribution is -0.116. The lowest BCUT2D eigenvalue weighted by Gasteiger charge is -2.09. The average molecular weight is 341 g/mol. The minimum Gasteiger partial charge on any atom is -0.338 e. The van der Waals surface area contributed by atoms with Gasteiger partial charge in [-0.2, -0.15) is 0 Å². The van der Waals surface area contributed by atoms with E-state index >= 15 is 0 Å². The number of nitrogens with zero attached hydrogens (tertiary/aromatic N) is 1. The van der Waals surface area contributed by atoms with Crippen LogP contribution in [0.1, 0.15) is 12.0 Å². The summed E-state index contributed by atoms with van der Waals surface area (Å²) in [4.78, 5) is 20.4. The first-order chi connectivity index (χ1) is 12.8. The molecule has 4 aromatic rings. The maximum atomic E-state index is 12.4. The van der Waals surface area contributed by atoms with Crippen LogP contribution in [0.5, 0.6) is 0 Å². The zero-order valence-electron chi connectivity index (χ0n) is 14.3. The topological polar surface area (TPSA) is 57.8 Å². The fourth-order valence-electron chi connectivity index (χ4n) is 2.99. The van der Waals surface area contributed by atoms with E-state index in [0.717, 1.165) is 40.1 Å². The zero-order valence-corrected chi connectivity index (χ0v) is 14.3. The van der Waals surface area contributed by atoms with Crippen LogP contribution in [0, 0.1) is 0 Å². The molecule has 0 radical (unpaired) electrons. The van der Waals surface area contributed by atoms with Crippen molar-refractivity contribution in [2.45, 2.75) is 12.8 Å². The number of para-hydroxylation sites is 3. The number of rotatable bonds is 5. The molecular formula is C22H19N3O. The molecule has 4 heteroatoms. The van der Waals surface area contributed by atoms with Crippen LogP contribution >= 0.6 is 0 Å². The summed E-state index contributed by atoms with van der Waals surface area (Å²) in [6.07, 6.45) is 1.16. The number of carbonyl (C=O) groups excluding carboxylic acids is 1. The van der Waals surface area contributed by atoms with Gasteiger partial charge >= 0.3 is 0 Å². The Hall–Kier alpha value is -3.40. The third-order valence-corrected chi connectivity index (χ3v) is 4.33. The SMILES string of the molecule is O=C(CCc1ccccc1)Nc1ccccc1-c1nc2ccccc2[nH]1. The van der Waals surface area contributed by atoms with E-state index in [2.05, 4.69) is 15.3 Å². The molecule has 3 aromatic carbocycles. The van der Waals surface area contributed by atoms with E-state index in [0.29, 0.717) is 6.42 Å². The standard InChI is InChI=1S/C22H19N3O/c26-21(15-14-16-8-2-1-3-9-16)23-18-11-5-4-10-17(18)22-24-19-12-6-7-13-20(19)25-22/h1-13H,14-15H2,(H,23,26)(H,24,25). The molecule has 1 amide bonds. The van der Waals surface area contributed by atoms with Crippen molar-refractivity contribution in [2.75, 3.05) is 5.32 Å². The molecule has 0 spiro atoms. The van der Waals surface area contributed by atoms with Crippen LogP contribution in [-0.2, 0) is 11.2 Å². The van der Waals surface area contributed by atoms with Gasteiger partial charge < -0.3 is 10.3 Å². The summed E-state index contributed by atoms with van der Waals surface area (Å²) in [5, 5.41) is 3.02. The van der Waals surface area contributed by atoms with Gasteiger partial charge in [-0.3, -0.25) is 4.79 Å². The Kier molecular flexibility index (Phi) is 4.48. The summed E-state index contributed by atoms with van der Waals surface area (Å²) in [5.74, 6) is 0.752. The van der Waals surface area contributed by atoms with Gasteiger partial charge in [-0.1, -0.05) is 54.6 Å². The molecule has 0 aliphatic heterocycles. The summed E-state index contributed by atoms with van der Waals surface area (Å²) in [6.45, 7) is 0. The Morgan fingerprint density at radius 2 is 1.62 bits per heavy atom. The van der Waals surface area contributed by atoms with Crippen molar-refractivity contribution in [2.24, 2.45) is 0 Å². The minimum absolute atomic E-state index is 0.00239. The summed E-state index contributed by atoms with van der Waals surface area (Å²) >= 11 is 0. The fraction of sp³-hybridized carbons (Fsp3) is 0.0909. The van der Waals surface area contributed by atoms with Gasteiger partial charge in [0, 0.05) is 12.0 Å². The third kappa shape index (κ3) is 3.49. The summed E-state index contributed by atoms with van der Waals surface area (Å²) < 4.78 is 0. The second kappa shape index (κ2) is 7.23. The number of aryl methyl sites for hydroxylation is 1. The average Bonchev–Trinajstić information content (AvgIpc) is 3.12. The molecule has 0 saturated heterocycles. The minimum atomic E-state index is -0.00239. The normalized spacial score (nSPS) is 10.8. The number of amides is 1. The first kappa shape index (κ1) is 16.1. The predicted molar refractivity (Wildman–Crippen MR) is 105 cm³/mol. The number of carbonyl (C=O) groups is 1. The monoisotopic (exact) mass is 341 g/mol. The first-order valence-electron chi connectivity index (χ1n) is 8.67. The fourth-order valence-corrected chi connectivity index (χ4v) is 2.99. The van der Waals surface area contributed by atoms with Crippen LogP contribution in [0.4, 0.5) is 5.69 Å². The predicted octanol–water partition coefficient (Wildman–Crippen LogP) is 4.80. The van der Waals surface area contributed by atoms with Crippen molar-refractivity contribution in [3.05, 3.63) is 84.4 Å². The van der Waals surface area contributed by atoms with E-state index in [1.54, 1.807) is 0 Å². The van der Waals surface area contributed by atoms with Crippen LogP contribution in [0.2, 0.25) is 0 Å². The summed E-state index contributed by atoms with van der Waals surface area (Å²) in [5.41, 5.74) is 4.70. The van der Waals surface area contributed by atoms with Gasteiger partial charge in [0.1, 0.15) is 5.82 Å². The second-order valence-corrected chi connectivity index (χ2v) is 6.18. The molecule has 26 heavy (non-hydrogen) atoms. The van der Waals surface area contributed by atoms with E-state index in [9.17, 15) is 4.79 Å². The highest BCUT2D eigenvalue weighted by atomic mass is 16.1. The number of H-pyrrole nitrogens is 1. The van der Waals surface area contributed by atoms with Gasteiger partial charge in [-0.15, -0.1) is 0 Å². The van der Waals surface area contributed by atoms with Crippen LogP contribution in [0.15, 0.2) is 78.9 Å². The van der Waals surface area contributed by atoms with Crippen LogP contribution < -0.4 is 5.32 Å². The third-order valence-electron chi connectivity index (χ3n) is 4.33. The van der Waals surface area contributed by atoms with Crippen molar-refractivity contribution in [1.29, 1.82) is 0 Å². The maximum Gasteiger partial charge on any atom is 0.224 e. The Bertz CT molecular complexity index is 1000. The largest absolute Gasteiger partial charge is 0.338 e. The number of anilines is 1. The molecular weight excluding hydrogens is 322 g/mol. The van der Waals surface area contributed by atoms with Crippen LogP contribution in [0.25, 0.3) is 22.4 Å². The molecule has 0 aliphatic carbocycles.